The van der Waals surface area contributed by atoms with Crippen LogP contribution < -0.4 is 4.74 Å². The summed E-state index contributed by atoms with van der Waals surface area (Å²) in [6.45, 7) is 6.47. The fraction of sp³-hybridized carbons (Fsp3) is 0.438. The van der Waals surface area contributed by atoms with Crippen LogP contribution in [0.4, 0.5) is 0 Å². The van der Waals surface area contributed by atoms with Gasteiger partial charge in [0.2, 0.25) is 0 Å². The molecule has 0 fully saturated rings. The molecule has 4 heteroatoms. The van der Waals surface area contributed by atoms with Crippen molar-refractivity contribution in [2.24, 2.45) is 0 Å². The van der Waals surface area contributed by atoms with Gasteiger partial charge in [0.1, 0.15) is 12.4 Å². The summed E-state index contributed by atoms with van der Waals surface area (Å²) >= 11 is 0. The molecule has 2 rings (SSSR count). The maximum Gasteiger partial charge on any atom is 0.132 e. The maximum atomic E-state index is 9.55. The zero-order valence-corrected chi connectivity index (χ0v) is 12.3. The van der Waals surface area contributed by atoms with Crippen LogP contribution in [0, 0.1) is 0 Å². The van der Waals surface area contributed by atoms with Gasteiger partial charge in [-0.1, -0.05) is 19.1 Å². The molecule has 2 unspecified atom stereocenters. The van der Waals surface area contributed by atoms with Crippen molar-refractivity contribution in [3.63, 3.8) is 0 Å². The van der Waals surface area contributed by atoms with Gasteiger partial charge in [0.25, 0.3) is 0 Å². The molecule has 1 N–H and O–H groups in total. The van der Waals surface area contributed by atoms with Crippen molar-refractivity contribution in [1.29, 1.82) is 0 Å². The molecule has 2 atom stereocenters. The molecule has 108 valence electrons. The van der Waals surface area contributed by atoms with Crippen molar-refractivity contribution >= 4 is 0 Å². The molecule has 0 aliphatic carbocycles. The van der Waals surface area contributed by atoms with Gasteiger partial charge in [0, 0.05) is 12.2 Å². The monoisotopic (exact) mass is 274 g/mol. The van der Waals surface area contributed by atoms with Gasteiger partial charge in [-0.15, -0.1) is 0 Å². The van der Waals surface area contributed by atoms with E-state index in [1.807, 2.05) is 41.2 Å². The van der Waals surface area contributed by atoms with E-state index in [9.17, 15) is 5.11 Å². The Hall–Kier alpha value is -1.81. The van der Waals surface area contributed by atoms with Gasteiger partial charge >= 0.3 is 0 Å². The van der Waals surface area contributed by atoms with Crippen molar-refractivity contribution in [2.75, 3.05) is 0 Å². The standard InChI is InChI=1S/C16H22N2O2/c1-4-12(2)18-9-8-15(17-18)11-20-16-7-5-6-14(10-16)13(3)19/h5-10,12-13,19H,4,11H2,1-3H3. The fourth-order valence-corrected chi connectivity index (χ4v) is 1.91. The van der Waals surface area contributed by atoms with E-state index in [0.29, 0.717) is 12.6 Å². The molecule has 0 aliphatic rings. The summed E-state index contributed by atoms with van der Waals surface area (Å²) in [4.78, 5) is 0. The molecule has 0 amide bonds. The Balaban J connectivity index is 1.98. The number of rotatable bonds is 6. The van der Waals surface area contributed by atoms with Crippen LogP contribution in [0.2, 0.25) is 0 Å². The molecule has 2 aromatic rings. The van der Waals surface area contributed by atoms with Crippen molar-refractivity contribution in [3.05, 3.63) is 47.8 Å². The molecule has 0 radical (unpaired) electrons. The summed E-state index contributed by atoms with van der Waals surface area (Å²) in [6, 6.07) is 9.89. The lowest BCUT2D eigenvalue weighted by Crippen LogP contribution is -2.05. The van der Waals surface area contributed by atoms with Crippen LogP contribution in [-0.2, 0) is 6.61 Å². The predicted molar refractivity (Wildman–Crippen MR) is 78.6 cm³/mol. The van der Waals surface area contributed by atoms with Crippen molar-refractivity contribution in [1.82, 2.24) is 9.78 Å². The van der Waals surface area contributed by atoms with Crippen LogP contribution in [0.1, 0.15) is 50.6 Å². The third-order valence-electron chi connectivity index (χ3n) is 3.43. The van der Waals surface area contributed by atoms with E-state index in [1.165, 1.54) is 0 Å². The highest BCUT2D eigenvalue weighted by Gasteiger charge is 2.06. The van der Waals surface area contributed by atoms with Crippen LogP contribution in [0.5, 0.6) is 5.75 Å². The first kappa shape index (κ1) is 14.6. The summed E-state index contributed by atoms with van der Waals surface area (Å²) in [5, 5.41) is 14.0. The molecule has 0 spiro atoms. The highest BCUT2D eigenvalue weighted by Crippen LogP contribution is 2.19. The van der Waals surface area contributed by atoms with Crippen molar-refractivity contribution in [3.8, 4) is 5.75 Å². The van der Waals surface area contributed by atoms with Crippen LogP contribution >= 0.6 is 0 Å². The van der Waals surface area contributed by atoms with Gasteiger partial charge in [0.15, 0.2) is 0 Å². The first-order chi connectivity index (χ1) is 9.60. The molecule has 20 heavy (non-hydrogen) atoms. The second-order valence-electron chi connectivity index (χ2n) is 5.08. The molecule has 1 aromatic carbocycles. The highest BCUT2D eigenvalue weighted by molar-refractivity contribution is 5.29. The quantitative estimate of drug-likeness (QED) is 0.877. The normalized spacial score (nSPS) is 14.0. The number of aromatic nitrogens is 2. The Morgan fingerprint density at radius 2 is 2.10 bits per heavy atom. The smallest absolute Gasteiger partial charge is 0.132 e. The molecule has 1 aromatic heterocycles. The van der Waals surface area contributed by atoms with E-state index in [1.54, 1.807) is 6.92 Å². The molecular weight excluding hydrogens is 252 g/mol. The number of aliphatic hydroxyl groups excluding tert-OH is 1. The molecule has 4 nitrogen and oxygen atoms in total. The fourth-order valence-electron chi connectivity index (χ4n) is 1.91. The largest absolute Gasteiger partial charge is 0.487 e. The minimum Gasteiger partial charge on any atom is -0.487 e. The summed E-state index contributed by atoms with van der Waals surface area (Å²) in [6.07, 6.45) is 2.56. The molecule has 0 saturated heterocycles. The van der Waals surface area contributed by atoms with E-state index in [2.05, 4.69) is 18.9 Å². The Labute approximate surface area is 120 Å². The first-order valence-electron chi connectivity index (χ1n) is 7.05. The molecule has 0 saturated carbocycles. The van der Waals surface area contributed by atoms with Crippen molar-refractivity contribution in [2.45, 2.75) is 45.9 Å². The minimum atomic E-state index is -0.483. The van der Waals surface area contributed by atoms with E-state index in [4.69, 9.17) is 4.74 Å². The second kappa shape index (κ2) is 6.57. The Morgan fingerprint density at radius 1 is 1.30 bits per heavy atom. The summed E-state index contributed by atoms with van der Waals surface area (Å²) in [5.74, 6) is 0.751. The molecule has 0 bridgehead atoms. The molecular formula is C16H22N2O2. The second-order valence-corrected chi connectivity index (χ2v) is 5.08. The minimum absolute atomic E-state index is 0.405. The average molecular weight is 274 g/mol. The van der Waals surface area contributed by atoms with Crippen LogP contribution in [0.3, 0.4) is 0 Å². The van der Waals surface area contributed by atoms with Gasteiger partial charge in [-0.2, -0.15) is 5.10 Å². The zero-order valence-electron chi connectivity index (χ0n) is 12.3. The molecule has 1 heterocycles. The average Bonchev–Trinajstić information content (AvgIpc) is 2.93. The third-order valence-corrected chi connectivity index (χ3v) is 3.43. The number of benzene rings is 1. The van der Waals surface area contributed by atoms with Gasteiger partial charge < -0.3 is 9.84 Å². The van der Waals surface area contributed by atoms with Crippen LogP contribution in [0.25, 0.3) is 0 Å². The van der Waals surface area contributed by atoms with Crippen molar-refractivity contribution < 1.29 is 9.84 Å². The number of aliphatic hydroxyl groups is 1. The topological polar surface area (TPSA) is 47.3 Å². The van der Waals surface area contributed by atoms with Gasteiger partial charge in [-0.05, 0) is 44.0 Å². The van der Waals surface area contributed by atoms with Crippen LogP contribution in [-0.4, -0.2) is 14.9 Å². The Morgan fingerprint density at radius 3 is 2.80 bits per heavy atom. The lowest BCUT2D eigenvalue weighted by atomic mass is 10.1. The Bertz CT molecular complexity index is 549. The van der Waals surface area contributed by atoms with E-state index >= 15 is 0 Å². The lowest BCUT2D eigenvalue weighted by Gasteiger charge is -2.09. The van der Waals surface area contributed by atoms with Gasteiger partial charge in [-0.25, -0.2) is 0 Å². The summed E-state index contributed by atoms with van der Waals surface area (Å²) < 4.78 is 7.69. The van der Waals surface area contributed by atoms with E-state index in [-0.39, 0.29) is 0 Å². The third kappa shape index (κ3) is 3.61. The molecule has 0 aliphatic heterocycles. The van der Waals surface area contributed by atoms with Gasteiger partial charge in [0.05, 0.1) is 11.8 Å². The Kier molecular flexibility index (Phi) is 4.79. The SMILES string of the molecule is CCC(C)n1ccc(COc2cccc(C(C)O)c2)n1. The zero-order chi connectivity index (χ0) is 14.5. The highest BCUT2D eigenvalue weighted by atomic mass is 16.5. The number of hydrogen-bond donors (Lipinski definition) is 1. The van der Waals surface area contributed by atoms with Gasteiger partial charge in [-0.3, -0.25) is 4.68 Å². The summed E-state index contributed by atoms with van der Waals surface area (Å²) in [5.41, 5.74) is 1.76. The predicted octanol–water partition coefficient (Wildman–Crippen LogP) is 3.49. The number of nitrogens with zero attached hydrogens (tertiary/aromatic N) is 2. The number of ether oxygens (including phenoxy) is 1. The number of hydrogen-bond acceptors (Lipinski definition) is 3. The van der Waals surface area contributed by atoms with E-state index in [0.717, 1.165) is 23.4 Å². The lowest BCUT2D eigenvalue weighted by molar-refractivity contribution is 0.198. The first-order valence-corrected chi connectivity index (χ1v) is 7.05. The summed E-state index contributed by atoms with van der Waals surface area (Å²) in [7, 11) is 0. The van der Waals surface area contributed by atoms with Crippen LogP contribution in [0.15, 0.2) is 36.5 Å². The maximum absolute atomic E-state index is 9.55. The van der Waals surface area contributed by atoms with E-state index < -0.39 is 6.10 Å².